The second-order valence-corrected chi connectivity index (χ2v) is 7.92. The van der Waals surface area contributed by atoms with Gasteiger partial charge in [-0.1, -0.05) is 68.4 Å². The Labute approximate surface area is 180 Å². The highest BCUT2D eigenvalue weighted by Crippen LogP contribution is 2.37. The topological polar surface area (TPSA) is 48.0 Å². The molecule has 5 rings (SSSR count). The van der Waals surface area contributed by atoms with Gasteiger partial charge in [0.05, 0.1) is 11.9 Å². The Morgan fingerprint density at radius 3 is 2.35 bits per heavy atom. The number of ketones is 1. The first-order chi connectivity index (χ1) is 15.1. The molecule has 0 aliphatic heterocycles. The van der Waals surface area contributed by atoms with Crippen LogP contribution in [0.15, 0.2) is 95.7 Å². The van der Waals surface area contributed by atoms with Gasteiger partial charge in [0.15, 0.2) is 5.76 Å². The lowest BCUT2D eigenvalue weighted by atomic mass is 9.96. The molecular formula is C27H22N2O2. The lowest BCUT2D eigenvalue weighted by Crippen LogP contribution is -2.01. The summed E-state index contributed by atoms with van der Waals surface area (Å²) < 4.78 is 7.95. The molecule has 0 spiro atoms. The van der Waals surface area contributed by atoms with Crippen LogP contribution in [-0.2, 0) is 0 Å². The maximum Gasteiger partial charge on any atom is 0.228 e. The van der Waals surface area contributed by atoms with E-state index < -0.39 is 0 Å². The minimum atomic E-state index is -0.134. The van der Waals surface area contributed by atoms with Crippen molar-refractivity contribution in [1.29, 1.82) is 0 Å². The molecule has 4 nitrogen and oxygen atoms in total. The van der Waals surface area contributed by atoms with Crippen molar-refractivity contribution in [1.82, 2.24) is 9.78 Å². The summed E-state index contributed by atoms with van der Waals surface area (Å²) in [5.41, 5.74) is 5.09. The molecule has 3 aromatic carbocycles. The molecule has 4 heteroatoms. The number of para-hydroxylation sites is 1. The van der Waals surface area contributed by atoms with E-state index in [4.69, 9.17) is 4.42 Å². The summed E-state index contributed by atoms with van der Waals surface area (Å²) in [6, 6.07) is 25.3. The largest absolute Gasteiger partial charge is 0.452 e. The fraction of sp³-hybridized carbons (Fsp3) is 0.111. The smallest absolute Gasteiger partial charge is 0.228 e. The minimum Gasteiger partial charge on any atom is -0.452 e. The highest BCUT2D eigenvalue weighted by molar-refractivity contribution is 6.15. The SMILES string of the molecule is CC(C)c1ccc2oc(C(=O)c3ccccc3)c(-c3cnn(-c4ccccc4)c3)c2c1. The second kappa shape index (κ2) is 7.73. The standard InChI is InChI=1S/C27H22N2O2/c1-18(2)20-13-14-24-23(15-20)25(27(31-24)26(30)19-9-5-3-6-10-19)21-16-28-29(17-21)22-11-7-4-8-12-22/h3-18H,1-2H3. The molecule has 0 amide bonds. The van der Waals surface area contributed by atoms with E-state index in [1.807, 2.05) is 77.6 Å². The Morgan fingerprint density at radius 2 is 1.65 bits per heavy atom. The molecule has 0 N–H and O–H groups in total. The zero-order chi connectivity index (χ0) is 21.4. The Bertz CT molecular complexity index is 1360. The van der Waals surface area contributed by atoms with Gasteiger partial charge in [-0.3, -0.25) is 4.79 Å². The normalized spacial score (nSPS) is 11.3. The Morgan fingerprint density at radius 1 is 0.935 bits per heavy atom. The third-order valence-corrected chi connectivity index (χ3v) is 5.51. The first-order valence-corrected chi connectivity index (χ1v) is 10.4. The van der Waals surface area contributed by atoms with Crippen molar-refractivity contribution < 1.29 is 9.21 Å². The van der Waals surface area contributed by atoms with Crippen LogP contribution in [0.2, 0.25) is 0 Å². The summed E-state index contributed by atoms with van der Waals surface area (Å²) in [5.74, 6) is 0.576. The fourth-order valence-corrected chi connectivity index (χ4v) is 3.82. The van der Waals surface area contributed by atoms with Crippen molar-refractivity contribution in [3.05, 3.63) is 108 Å². The number of hydrogen-bond donors (Lipinski definition) is 0. The van der Waals surface area contributed by atoms with Crippen molar-refractivity contribution in [2.24, 2.45) is 0 Å². The number of benzene rings is 3. The van der Waals surface area contributed by atoms with E-state index in [9.17, 15) is 4.79 Å². The predicted octanol–water partition coefficient (Wildman–Crippen LogP) is 6.64. The number of nitrogens with zero attached hydrogens (tertiary/aromatic N) is 2. The van der Waals surface area contributed by atoms with Crippen molar-refractivity contribution in [2.75, 3.05) is 0 Å². The number of rotatable bonds is 5. The zero-order valence-corrected chi connectivity index (χ0v) is 17.4. The monoisotopic (exact) mass is 406 g/mol. The number of carbonyl (C=O) groups is 1. The number of furan rings is 1. The van der Waals surface area contributed by atoms with E-state index in [0.717, 1.165) is 22.2 Å². The van der Waals surface area contributed by atoms with Gasteiger partial charge in [-0.05, 0) is 35.7 Å². The number of fused-ring (bicyclic) bond motifs is 1. The quantitative estimate of drug-likeness (QED) is 0.307. The van der Waals surface area contributed by atoms with Crippen LogP contribution in [0.4, 0.5) is 0 Å². The Balaban J connectivity index is 1.72. The van der Waals surface area contributed by atoms with E-state index in [0.29, 0.717) is 22.8 Å². The maximum atomic E-state index is 13.4. The zero-order valence-electron chi connectivity index (χ0n) is 17.4. The van der Waals surface area contributed by atoms with Crippen LogP contribution in [0.3, 0.4) is 0 Å². The molecule has 0 saturated heterocycles. The van der Waals surface area contributed by atoms with Crippen molar-refractivity contribution in [3.63, 3.8) is 0 Å². The van der Waals surface area contributed by atoms with E-state index in [-0.39, 0.29) is 5.78 Å². The van der Waals surface area contributed by atoms with Crippen LogP contribution < -0.4 is 0 Å². The van der Waals surface area contributed by atoms with E-state index in [1.165, 1.54) is 5.56 Å². The summed E-state index contributed by atoms with van der Waals surface area (Å²) in [6.07, 6.45) is 3.74. The van der Waals surface area contributed by atoms with Crippen LogP contribution in [0.1, 0.15) is 41.4 Å². The summed E-state index contributed by atoms with van der Waals surface area (Å²) >= 11 is 0. The molecule has 0 fully saturated rings. The van der Waals surface area contributed by atoms with Gasteiger partial charge < -0.3 is 4.42 Å². The summed E-state index contributed by atoms with van der Waals surface area (Å²) in [4.78, 5) is 13.4. The van der Waals surface area contributed by atoms with Crippen molar-refractivity contribution >= 4 is 16.8 Å². The van der Waals surface area contributed by atoms with E-state index in [2.05, 4.69) is 31.1 Å². The summed E-state index contributed by atoms with van der Waals surface area (Å²) in [5, 5.41) is 5.47. The second-order valence-electron chi connectivity index (χ2n) is 7.92. The van der Waals surface area contributed by atoms with Crippen molar-refractivity contribution in [2.45, 2.75) is 19.8 Å². The molecule has 0 unspecified atom stereocenters. The average Bonchev–Trinajstić information content (AvgIpc) is 3.44. The fourth-order valence-electron chi connectivity index (χ4n) is 3.82. The molecular weight excluding hydrogens is 384 g/mol. The van der Waals surface area contributed by atoms with Gasteiger partial charge in [0.2, 0.25) is 5.78 Å². The van der Waals surface area contributed by atoms with Crippen LogP contribution in [0.5, 0.6) is 0 Å². The van der Waals surface area contributed by atoms with Gasteiger partial charge in [0, 0.05) is 28.3 Å². The summed E-state index contributed by atoms with van der Waals surface area (Å²) in [7, 11) is 0. The molecule has 0 bridgehead atoms. The molecule has 152 valence electrons. The summed E-state index contributed by atoms with van der Waals surface area (Å²) in [6.45, 7) is 4.31. The number of aromatic nitrogens is 2. The highest BCUT2D eigenvalue weighted by Gasteiger charge is 2.24. The van der Waals surface area contributed by atoms with Gasteiger partial charge >= 0.3 is 0 Å². The molecule has 0 aliphatic carbocycles. The third-order valence-electron chi connectivity index (χ3n) is 5.51. The first kappa shape index (κ1) is 19.1. The van der Waals surface area contributed by atoms with Gasteiger partial charge in [0.25, 0.3) is 0 Å². The van der Waals surface area contributed by atoms with Gasteiger partial charge in [-0.2, -0.15) is 5.10 Å². The molecule has 0 atom stereocenters. The van der Waals surface area contributed by atoms with Gasteiger partial charge in [-0.15, -0.1) is 0 Å². The van der Waals surface area contributed by atoms with Gasteiger partial charge in [0.1, 0.15) is 5.58 Å². The number of carbonyl (C=O) groups excluding carboxylic acids is 1. The van der Waals surface area contributed by atoms with Crippen LogP contribution >= 0.6 is 0 Å². The predicted molar refractivity (Wildman–Crippen MR) is 123 cm³/mol. The van der Waals surface area contributed by atoms with Gasteiger partial charge in [-0.25, -0.2) is 4.68 Å². The molecule has 31 heavy (non-hydrogen) atoms. The Hall–Kier alpha value is -3.92. The molecule has 2 heterocycles. The molecule has 0 saturated carbocycles. The van der Waals surface area contributed by atoms with Crippen LogP contribution in [-0.4, -0.2) is 15.6 Å². The average molecular weight is 406 g/mol. The van der Waals surface area contributed by atoms with E-state index in [1.54, 1.807) is 6.20 Å². The lowest BCUT2D eigenvalue weighted by Gasteiger charge is -2.05. The van der Waals surface area contributed by atoms with E-state index >= 15 is 0 Å². The Kier molecular flexibility index (Phi) is 4.75. The molecule has 5 aromatic rings. The molecule has 0 radical (unpaired) electrons. The van der Waals surface area contributed by atoms with Crippen molar-refractivity contribution in [3.8, 4) is 16.8 Å². The minimum absolute atomic E-state index is 0.134. The number of hydrogen-bond acceptors (Lipinski definition) is 3. The molecule has 0 aliphatic rings. The first-order valence-electron chi connectivity index (χ1n) is 10.4. The third kappa shape index (κ3) is 3.46. The highest BCUT2D eigenvalue weighted by atomic mass is 16.3. The van der Waals surface area contributed by atoms with Crippen LogP contribution in [0, 0.1) is 0 Å². The molecule has 2 aromatic heterocycles. The maximum absolute atomic E-state index is 13.4. The lowest BCUT2D eigenvalue weighted by molar-refractivity contribution is 0.101. The van der Waals surface area contributed by atoms with Crippen LogP contribution in [0.25, 0.3) is 27.8 Å².